The maximum Gasteiger partial charge on any atom is 0.122 e. The van der Waals surface area contributed by atoms with Crippen LogP contribution in [0.2, 0.25) is 0 Å². The fourth-order valence-corrected chi connectivity index (χ4v) is 3.29. The third-order valence-electron chi connectivity index (χ3n) is 3.63. The van der Waals surface area contributed by atoms with Gasteiger partial charge in [-0.15, -0.1) is 0 Å². The molecule has 1 aromatic heterocycles. The van der Waals surface area contributed by atoms with Crippen LogP contribution in [0.3, 0.4) is 0 Å². The van der Waals surface area contributed by atoms with E-state index in [0.29, 0.717) is 0 Å². The van der Waals surface area contributed by atoms with Gasteiger partial charge < -0.3 is 10.1 Å². The van der Waals surface area contributed by atoms with Crippen molar-refractivity contribution in [3.8, 4) is 17.0 Å². The van der Waals surface area contributed by atoms with Crippen LogP contribution < -0.4 is 10.1 Å². The van der Waals surface area contributed by atoms with E-state index in [2.05, 4.69) is 44.5 Å². The average Bonchev–Trinajstić information content (AvgIpc) is 2.75. The monoisotopic (exact) mass is 335 g/mol. The molecule has 4 nitrogen and oxygen atoms in total. The number of hydrogen-bond acceptors (Lipinski definition) is 3. The zero-order chi connectivity index (χ0) is 14.1. The molecule has 0 saturated heterocycles. The highest BCUT2D eigenvalue weighted by molar-refractivity contribution is 9.10. The lowest BCUT2D eigenvalue weighted by atomic mass is 10.0. The van der Waals surface area contributed by atoms with Crippen molar-refractivity contribution in [3.05, 3.63) is 33.9 Å². The Morgan fingerprint density at radius 1 is 1.45 bits per heavy atom. The van der Waals surface area contributed by atoms with Gasteiger partial charge in [-0.3, -0.25) is 4.68 Å². The number of benzene rings is 1. The van der Waals surface area contributed by atoms with E-state index < -0.39 is 0 Å². The molecule has 2 heterocycles. The predicted octanol–water partition coefficient (Wildman–Crippen LogP) is 2.89. The van der Waals surface area contributed by atoms with Crippen molar-refractivity contribution in [2.24, 2.45) is 7.05 Å². The van der Waals surface area contributed by atoms with Gasteiger partial charge in [-0.1, -0.05) is 0 Å². The lowest BCUT2D eigenvalue weighted by Gasteiger charge is -2.17. The molecule has 0 saturated carbocycles. The molecule has 1 N–H and O–H groups in total. The molecule has 3 rings (SSSR count). The van der Waals surface area contributed by atoms with Crippen LogP contribution in [0.25, 0.3) is 11.3 Å². The van der Waals surface area contributed by atoms with E-state index in [9.17, 15) is 0 Å². The van der Waals surface area contributed by atoms with Gasteiger partial charge in [0.1, 0.15) is 11.4 Å². The molecule has 0 atom stereocenters. The van der Waals surface area contributed by atoms with Gasteiger partial charge in [0.05, 0.1) is 16.8 Å². The van der Waals surface area contributed by atoms with Gasteiger partial charge in [0.2, 0.25) is 0 Å². The molecule has 0 bridgehead atoms. The van der Waals surface area contributed by atoms with Gasteiger partial charge in [-0.25, -0.2) is 0 Å². The van der Waals surface area contributed by atoms with Crippen LogP contribution in [0.4, 0.5) is 0 Å². The zero-order valence-electron chi connectivity index (χ0n) is 11.7. The summed E-state index contributed by atoms with van der Waals surface area (Å²) in [6.45, 7) is 1.62. The first-order chi connectivity index (χ1) is 9.70. The fraction of sp³-hybridized carbons (Fsp3) is 0.400. The molecule has 0 radical (unpaired) electrons. The van der Waals surface area contributed by atoms with Crippen molar-refractivity contribution >= 4 is 15.9 Å². The fourth-order valence-electron chi connectivity index (χ4n) is 2.58. The van der Waals surface area contributed by atoms with Gasteiger partial charge >= 0.3 is 0 Å². The highest BCUT2D eigenvalue weighted by atomic mass is 79.9. The Kier molecular flexibility index (Phi) is 3.81. The highest BCUT2D eigenvalue weighted by Gasteiger charge is 2.17. The van der Waals surface area contributed by atoms with E-state index in [4.69, 9.17) is 4.74 Å². The summed E-state index contributed by atoms with van der Waals surface area (Å²) in [6, 6.07) is 6.34. The number of halogens is 1. The molecular formula is C15H18BrN3O. The molecule has 5 heteroatoms. The van der Waals surface area contributed by atoms with Gasteiger partial charge in [0.25, 0.3) is 0 Å². The van der Waals surface area contributed by atoms with Crippen LogP contribution >= 0.6 is 15.9 Å². The zero-order valence-corrected chi connectivity index (χ0v) is 13.3. The van der Waals surface area contributed by atoms with Crippen molar-refractivity contribution < 1.29 is 4.74 Å². The summed E-state index contributed by atoms with van der Waals surface area (Å²) in [4.78, 5) is 0. The Morgan fingerprint density at radius 3 is 3.10 bits per heavy atom. The first kappa shape index (κ1) is 13.6. The topological polar surface area (TPSA) is 39.1 Å². The average molecular weight is 336 g/mol. The standard InChI is InChI=1S/C15H18BrN3O/c1-17-9-12-14(16)15(18-19(12)2)11-5-6-13-10(8-11)4-3-7-20-13/h5-6,8,17H,3-4,7,9H2,1-2H3. The van der Waals surface area contributed by atoms with Crippen molar-refractivity contribution in [2.75, 3.05) is 13.7 Å². The minimum atomic E-state index is 0.790. The SMILES string of the molecule is CNCc1c(Br)c(-c2ccc3c(c2)CCCO3)nn1C. The second kappa shape index (κ2) is 5.58. The van der Waals surface area contributed by atoms with Gasteiger partial charge in [0, 0.05) is 19.2 Å². The molecule has 20 heavy (non-hydrogen) atoms. The highest BCUT2D eigenvalue weighted by Crippen LogP contribution is 2.34. The first-order valence-electron chi connectivity index (χ1n) is 6.82. The van der Waals surface area contributed by atoms with Crippen LogP contribution in [-0.2, 0) is 20.0 Å². The molecule has 1 aliphatic rings. The summed E-state index contributed by atoms with van der Waals surface area (Å²) >= 11 is 3.68. The molecule has 0 aliphatic carbocycles. The molecule has 0 fully saturated rings. The molecule has 106 valence electrons. The van der Waals surface area contributed by atoms with Gasteiger partial charge in [0.15, 0.2) is 0 Å². The lowest BCUT2D eigenvalue weighted by molar-refractivity contribution is 0.288. The molecule has 1 aromatic carbocycles. The second-order valence-corrected chi connectivity index (χ2v) is 5.83. The van der Waals surface area contributed by atoms with Crippen LogP contribution in [0.1, 0.15) is 17.7 Å². The Bertz CT molecular complexity index is 636. The predicted molar refractivity (Wildman–Crippen MR) is 82.9 cm³/mol. The molecule has 2 aromatic rings. The Morgan fingerprint density at radius 2 is 2.30 bits per heavy atom. The normalized spacial score (nSPS) is 13.9. The summed E-state index contributed by atoms with van der Waals surface area (Å²) < 4.78 is 8.65. The third-order valence-corrected chi connectivity index (χ3v) is 4.46. The third kappa shape index (κ3) is 2.36. The number of aryl methyl sites for hydroxylation is 2. The second-order valence-electron chi connectivity index (χ2n) is 5.04. The molecule has 1 aliphatic heterocycles. The number of nitrogens with one attached hydrogen (secondary N) is 1. The first-order valence-corrected chi connectivity index (χ1v) is 7.62. The number of ether oxygens (including phenoxy) is 1. The minimum Gasteiger partial charge on any atom is -0.493 e. The largest absolute Gasteiger partial charge is 0.493 e. The van der Waals surface area contributed by atoms with Gasteiger partial charge in [-0.2, -0.15) is 5.10 Å². The quantitative estimate of drug-likeness (QED) is 0.937. The van der Waals surface area contributed by atoms with Crippen LogP contribution in [0.15, 0.2) is 22.7 Å². The van der Waals surface area contributed by atoms with E-state index >= 15 is 0 Å². The Balaban J connectivity index is 2.03. The van der Waals surface area contributed by atoms with Crippen molar-refractivity contribution in [3.63, 3.8) is 0 Å². The van der Waals surface area contributed by atoms with E-state index in [1.54, 1.807) is 0 Å². The summed E-state index contributed by atoms with van der Waals surface area (Å²) in [6.07, 6.45) is 2.17. The smallest absolute Gasteiger partial charge is 0.122 e. The summed E-state index contributed by atoms with van der Waals surface area (Å²) in [5.41, 5.74) is 4.56. The van der Waals surface area contributed by atoms with Crippen molar-refractivity contribution in [2.45, 2.75) is 19.4 Å². The Labute approximate surface area is 127 Å². The molecule has 0 unspecified atom stereocenters. The number of fused-ring (bicyclic) bond motifs is 1. The summed E-state index contributed by atoms with van der Waals surface area (Å²) in [5.74, 6) is 1.02. The van der Waals surface area contributed by atoms with E-state index in [1.165, 1.54) is 5.56 Å². The number of nitrogens with zero attached hydrogens (tertiary/aromatic N) is 2. The minimum absolute atomic E-state index is 0.790. The van der Waals surface area contributed by atoms with Crippen LogP contribution in [0, 0.1) is 0 Å². The number of rotatable bonds is 3. The van der Waals surface area contributed by atoms with E-state index in [-0.39, 0.29) is 0 Å². The number of hydrogen-bond donors (Lipinski definition) is 1. The van der Waals surface area contributed by atoms with Gasteiger partial charge in [-0.05, 0) is 59.6 Å². The maximum absolute atomic E-state index is 5.66. The molecule has 0 amide bonds. The summed E-state index contributed by atoms with van der Waals surface area (Å²) in [5, 5.41) is 7.81. The number of aromatic nitrogens is 2. The Hall–Kier alpha value is -1.33. The van der Waals surface area contributed by atoms with E-state index in [1.807, 2.05) is 18.8 Å². The van der Waals surface area contributed by atoms with Crippen molar-refractivity contribution in [1.29, 1.82) is 0 Å². The lowest BCUT2D eigenvalue weighted by Crippen LogP contribution is -2.10. The van der Waals surface area contributed by atoms with Crippen molar-refractivity contribution in [1.82, 2.24) is 15.1 Å². The summed E-state index contributed by atoms with van der Waals surface area (Å²) in [7, 11) is 3.91. The van der Waals surface area contributed by atoms with Crippen LogP contribution in [0.5, 0.6) is 5.75 Å². The van der Waals surface area contributed by atoms with Crippen LogP contribution in [-0.4, -0.2) is 23.4 Å². The molecule has 0 spiro atoms. The molecular weight excluding hydrogens is 318 g/mol. The maximum atomic E-state index is 5.66. The van der Waals surface area contributed by atoms with E-state index in [0.717, 1.165) is 53.2 Å².